The fourth-order valence-electron chi connectivity index (χ4n) is 4.03. The number of hydrogen-bond donors (Lipinski definition) is 0. The Hall–Kier alpha value is -0.0600. The average molecular weight is 295 g/mol. The van der Waals surface area contributed by atoms with E-state index in [1.165, 1.54) is 72.4 Å². The van der Waals surface area contributed by atoms with Gasteiger partial charge < -0.3 is 0 Å². The summed E-state index contributed by atoms with van der Waals surface area (Å²) in [6.07, 6.45) is 14.0. The van der Waals surface area contributed by atoms with Gasteiger partial charge in [-0.2, -0.15) is 0 Å². The fourth-order valence-corrected chi connectivity index (χ4v) is 5.28. The van der Waals surface area contributed by atoms with Crippen LogP contribution in [0.4, 0.5) is 0 Å². The summed E-state index contributed by atoms with van der Waals surface area (Å²) in [6.45, 7) is 0. The molecule has 1 aromatic rings. The predicted molar refractivity (Wildman–Crippen MR) is 85.6 cm³/mol. The molecular formula is C17H24ClP. The highest BCUT2D eigenvalue weighted by Gasteiger charge is 2.25. The van der Waals surface area contributed by atoms with Crippen LogP contribution < -0.4 is 0 Å². The van der Waals surface area contributed by atoms with E-state index in [0.29, 0.717) is 0 Å². The van der Waals surface area contributed by atoms with Crippen molar-refractivity contribution in [3.63, 3.8) is 0 Å². The SMILES string of the molecule is Clc1pccc(C2CCCCC2)c1C1CCCCC1. The third-order valence-corrected chi connectivity index (χ3v) is 6.30. The van der Waals surface area contributed by atoms with Crippen LogP contribution in [0.2, 0.25) is 4.75 Å². The fraction of sp³-hybridized carbons (Fsp3) is 0.706. The summed E-state index contributed by atoms with van der Waals surface area (Å²) in [5, 5.41) is 0. The van der Waals surface area contributed by atoms with Crippen LogP contribution in [-0.4, -0.2) is 0 Å². The first-order valence-corrected chi connectivity index (χ1v) is 9.34. The molecule has 2 saturated carbocycles. The molecule has 3 rings (SSSR count). The lowest BCUT2D eigenvalue weighted by atomic mass is 9.77. The van der Waals surface area contributed by atoms with Crippen molar-refractivity contribution < 1.29 is 0 Å². The molecule has 0 aromatic carbocycles. The summed E-state index contributed by atoms with van der Waals surface area (Å²) in [5.41, 5.74) is 3.19. The van der Waals surface area contributed by atoms with Gasteiger partial charge >= 0.3 is 0 Å². The zero-order valence-corrected chi connectivity index (χ0v) is 13.4. The van der Waals surface area contributed by atoms with E-state index in [1.54, 1.807) is 11.1 Å². The number of rotatable bonds is 2. The third-order valence-electron chi connectivity index (χ3n) is 5.03. The number of halogens is 1. The Morgan fingerprint density at radius 3 is 2.05 bits per heavy atom. The molecule has 0 radical (unpaired) electrons. The molecule has 0 unspecified atom stereocenters. The minimum absolute atomic E-state index is 0.760. The molecule has 19 heavy (non-hydrogen) atoms. The van der Waals surface area contributed by atoms with E-state index in [-0.39, 0.29) is 0 Å². The van der Waals surface area contributed by atoms with Crippen molar-refractivity contribution in [2.75, 3.05) is 0 Å². The lowest BCUT2D eigenvalue weighted by molar-refractivity contribution is 0.419. The first-order chi connectivity index (χ1) is 9.36. The van der Waals surface area contributed by atoms with Crippen molar-refractivity contribution in [3.8, 4) is 0 Å². The molecule has 0 amide bonds. The molecule has 0 saturated heterocycles. The van der Waals surface area contributed by atoms with Gasteiger partial charge in [0.15, 0.2) is 0 Å². The van der Waals surface area contributed by atoms with Crippen molar-refractivity contribution in [1.29, 1.82) is 0 Å². The van der Waals surface area contributed by atoms with E-state index >= 15 is 0 Å². The standard InChI is InChI=1S/C17H24ClP/c18-17-16(14-9-5-2-6-10-14)15(11-12-19-17)13-7-3-1-4-8-13/h11-14H,1-10H2. The van der Waals surface area contributed by atoms with Gasteiger partial charge in [0.1, 0.15) is 0 Å². The van der Waals surface area contributed by atoms with Crippen molar-refractivity contribution in [3.05, 3.63) is 27.7 Å². The van der Waals surface area contributed by atoms with E-state index in [2.05, 4.69) is 11.9 Å². The van der Waals surface area contributed by atoms with E-state index in [4.69, 9.17) is 11.6 Å². The Bertz CT molecular complexity index is 417. The monoisotopic (exact) mass is 294 g/mol. The third kappa shape index (κ3) is 3.17. The lowest BCUT2D eigenvalue weighted by Gasteiger charge is -2.30. The second kappa shape index (κ2) is 6.59. The molecule has 0 bridgehead atoms. The van der Waals surface area contributed by atoms with E-state index in [0.717, 1.165) is 16.6 Å². The molecule has 2 heteroatoms. The summed E-state index contributed by atoms with van der Waals surface area (Å²) in [4.78, 5) is 0. The molecule has 0 spiro atoms. The van der Waals surface area contributed by atoms with Crippen LogP contribution in [0, 0.1) is 0 Å². The summed E-state index contributed by atoms with van der Waals surface area (Å²) < 4.78 is 1.13. The quantitative estimate of drug-likeness (QED) is 0.550. The van der Waals surface area contributed by atoms with Crippen LogP contribution in [0.3, 0.4) is 0 Å². The number of hydrogen-bond acceptors (Lipinski definition) is 0. The molecule has 0 atom stereocenters. The van der Waals surface area contributed by atoms with Crippen LogP contribution in [0.15, 0.2) is 11.9 Å². The molecule has 1 aromatic heterocycles. The van der Waals surface area contributed by atoms with Gasteiger partial charge in [0.05, 0.1) is 4.75 Å². The van der Waals surface area contributed by atoms with Crippen molar-refractivity contribution in [2.45, 2.75) is 76.0 Å². The second-order valence-electron chi connectivity index (χ2n) is 6.27. The first kappa shape index (κ1) is 13.9. The Kier molecular flexibility index (Phi) is 4.83. The molecule has 0 aliphatic heterocycles. The summed E-state index contributed by atoms with van der Waals surface area (Å²) in [7, 11) is 1.23. The van der Waals surface area contributed by atoms with Gasteiger partial charge in [0.25, 0.3) is 0 Å². The average Bonchev–Trinajstić information content (AvgIpc) is 2.49. The maximum Gasteiger partial charge on any atom is 0.0713 e. The van der Waals surface area contributed by atoms with Crippen molar-refractivity contribution >= 4 is 19.8 Å². The molecule has 104 valence electrons. The second-order valence-corrected chi connectivity index (χ2v) is 7.92. The predicted octanol–water partition coefficient (Wildman–Crippen LogP) is 7.02. The molecular weight excluding hydrogens is 271 g/mol. The molecule has 2 aliphatic rings. The smallest absolute Gasteiger partial charge is 0.0713 e. The van der Waals surface area contributed by atoms with Crippen molar-refractivity contribution in [2.24, 2.45) is 0 Å². The van der Waals surface area contributed by atoms with Gasteiger partial charge in [-0.05, 0) is 54.4 Å². The highest BCUT2D eigenvalue weighted by Crippen LogP contribution is 2.45. The zero-order chi connectivity index (χ0) is 13.1. The minimum Gasteiger partial charge on any atom is -0.0786 e. The molecule has 0 nitrogen and oxygen atoms in total. The van der Waals surface area contributed by atoms with Crippen molar-refractivity contribution in [1.82, 2.24) is 0 Å². The maximum absolute atomic E-state index is 6.63. The minimum atomic E-state index is 0.760. The first-order valence-electron chi connectivity index (χ1n) is 8.00. The normalized spacial score (nSPS) is 23.0. The summed E-state index contributed by atoms with van der Waals surface area (Å²) in [6, 6.07) is 2.41. The van der Waals surface area contributed by atoms with Crippen LogP contribution in [0.5, 0.6) is 0 Å². The Morgan fingerprint density at radius 1 is 0.842 bits per heavy atom. The maximum atomic E-state index is 6.63. The highest BCUT2D eigenvalue weighted by atomic mass is 35.5. The van der Waals surface area contributed by atoms with Crippen LogP contribution in [0.25, 0.3) is 0 Å². The summed E-state index contributed by atoms with van der Waals surface area (Å²) in [5.74, 6) is 3.82. The Morgan fingerprint density at radius 2 is 1.42 bits per heavy atom. The van der Waals surface area contributed by atoms with E-state index in [9.17, 15) is 0 Å². The van der Waals surface area contributed by atoms with E-state index in [1.807, 2.05) is 0 Å². The molecule has 0 N–H and O–H groups in total. The molecule has 2 aliphatic carbocycles. The summed E-state index contributed by atoms with van der Waals surface area (Å²) >= 11 is 6.63. The van der Waals surface area contributed by atoms with Gasteiger partial charge in [-0.25, -0.2) is 0 Å². The van der Waals surface area contributed by atoms with Gasteiger partial charge in [-0.3, -0.25) is 0 Å². The van der Waals surface area contributed by atoms with Gasteiger partial charge in [0.2, 0.25) is 0 Å². The van der Waals surface area contributed by atoms with Gasteiger partial charge in [0, 0.05) is 0 Å². The highest BCUT2D eigenvalue weighted by molar-refractivity contribution is 7.33. The Labute approximate surface area is 124 Å². The van der Waals surface area contributed by atoms with Gasteiger partial charge in [-0.15, -0.1) is 0 Å². The Balaban J connectivity index is 1.91. The largest absolute Gasteiger partial charge is 0.0786 e. The van der Waals surface area contributed by atoms with Crippen LogP contribution in [0.1, 0.15) is 87.2 Å². The van der Waals surface area contributed by atoms with Gasteiger partial charge in [-0.1, -0.05) is 64.4 Å². The molecule has 1 heterocycles. The van der Waals surface area contributed by atoms with Crippen LogP contribution in [-0.2, 0) is 0 Å². The zero-order valence-electron chi connectivity index (χ0n) is 11.7. The molecule has 2 fully saturated rings. The van der Waals surface area contributed by atoms with E-state index < -0.39 is 0 Å². The van der Waals surface area contributed by atoms with Crippen LogP contribution >= 0.6 is 19.8 Å². The topological polar surface area (TPSA) is 0 Å². The lowest BCUT2D eigenvalue weighted by Crippen LogP contribution is -2.12.